The van der Waals surface area contributed by atoms with Crippen molar-refractivity contribution < 1.29 is 19.4 Å². The average molecular weight is 393 g/mol. The predicted molar refractivity (Wildman–Crippen MR) is 107 cm³/mol. The zero-order valence-electron chi connectivity index (χ0n) is 15.9. The van der Waals surface area contributed by atoms with E-state index in [9.17, 15) is 19.5 Å². The Kier molecular flexibility index (Phi) is 5.73. The van der Waals surface area contributed by atoms with Crippen LogP contribution in [0.3, 0.4) is 0 Å². The van der Waals surface area contributed by atoms with Crippen LogP contribution in [0.15, 0.2) is 59.4 Å². The molecule has 0 bridgehead atoms. The molecule has 0 aliphatic heterocycles. The van der Waals surface area contributed by atoms with Crippen LogP contribution in [0, 0.1) is 6.92 Å². The molecule has 2 aromatic carbocycles. The van der Waals surface area contributed by atoms with E-state index in [4.69, 9.17) is 4.74 Å². The first-order chi connectivity index (χ1) is 13.9. The number of esters is 1. The number of ether oxygens (including phenoxy) is 1. The summed E-state index contributed by atoms with van der Waals surface area (Å²) in [5.41, 5.74) is 1.25. The topological polar surface area (TPSA) is 111 Å². The number of hydrogen-bond acceptors (Lipinski definition) is 6. The first kappa shape index (κ1) is 19.8. The van der Waals surface area contributed by atoms with E-state index >= 15 is 0 Å². The summed E-state index contributed by atoms with van der Waals surface area (Å²) >= 11 is 0. The van der Waals surface area contributed by atoms with Crippen molar-refractivity contribution in [2.75, 3.05) is 11.9 Å². The molecule has 0 spiro atoms. The number of aromatic hydroxyl groups is 1. The molecular weight excluding hydrogens is 374 g/mol. The molecule has 2 N–H and O–H groups in total. The third-order valence-corrected chi connectivity index (χ3v) is 4.03. The highest BCUT2D eigenvalue weighted by molar-refractivity contribution is 6.04. The zero-order chi connectivity index (χ0) is 21.0. The lowest BCUT2D eigenvalue weighted by Gasteiger charge is -2.10. The molecule has 1 heterocycles. The maximum atomic E-state index is 12.6. The van der Waals surface area contributed by atoms with Gasteiger partial charge in [-0.25, -0.2) is 4.79 Å². The Morgan fingerprint density at radius 2 is 1.86 bits per heavy atom. The van der Waals surface area contributed by atoms with Gasteiger partial charge in [0, 0.05) is 11.8 Å². The molecule has 1 amide bonds. The fourth-order valence-corrected chi connectivity index (χ4v) is 2.65. The van der Waals surface area contributed by atoms with Gasteiger partial charge >= 0.3 is 5.97 Å². The number of rotatable bonds is 5. The molecular formula is C21H19N3O5. The zero-order valence-corrected chi connectivity index (χ0v) is 15.9. The molecule has 8 heteroatoms. The van der Waals surface area contributed by atoms with E-state index in [1.165, 1.54) is 24.3 Å². The van der Waals surface area contributed by atoms with Gasteiger partial charge in [-0.15, -0.1) is 0 Å². The van der Waals surface area contributed by atoms with Crippen LogP contribution in [0.25, 0.3) is 5.69 Å². The SMILES string of the molecule is CCOC(=O)c1ccc(NC(=O)c2nn(-c3cccc(C)c3)c(=O)cc2O)cc1. The van der Waals surface area contributed by atoms with E-state index in [2.05, 4.69) is 10.4 Å². The second kappa shape index (κ2) is 8.39. The van der Waals surface area contributed by atoms with Crippen LogP contribution < -0.4 is 10.9 Å². The number of nitrogens with zero attached hydrogens (tertiary/aromatic N) is 2. The minimum absolute atomic E-state index is 0.263. The normalized spacial score (nSPS) is 10.4. The summed E-state index contributed by atoms with van der Waals surface area (Å²) in [6, 6.07) is 14.0. The van der Waals surface area contributed by atoms with E-state index in [1.54, 1.807) is 25.1 Å². The third-order valence-electron chi connectivity index (χ3n) is 4.03. The molecule has 8 nitrogen and oxygen atoms in total. The van der Waals surface area contributed by atoms with E-state index in [1.807, 2.05) is 13.0 Å². The quantitative estimate of drug-likeness (QED) is 0.645. The minimum Gasteiger partial charge on any atom is -0.505 e. The van der Waals surface area contributed by atoms with Crippen LogP contribution in [-0.2, 0) is 4.74 Å². The molecule has 0 radical (unpaired) electrons. The molecule has 3 aromatic rings. The molecule has 0 saturated heterocycles. The largest absolute Gasteiger partial charge is 0.505 e. The summed E-state index contributed by atoms with van der Waals surface area (Å²) in [6.45, 7) is 3.84. The maximum absolute atomic E-state index is 12.6. The first-order valence-electron chi connectivity index (χ1n) is 8.88. The van der Waals surface area contributed by atoms with E-state index in [-0.39, 0.29) is 12.3 Å². The number of benzene rings is 2. The highest BCUT2D eigenvalue weighted by Gasteiger charge is 2.17. The van der Waals surface area contributed by atoms with Crippen molar-refractivity contribution in [3.8, 4) is 11.4 Å². The Bertz CT molecular complexity index is 1120. The Morgan fingerprint density at radius 1 is 1.14 bits per heavy atom. The fourth-order valence-electron chi connectivity index (χ4n) is 2.65. The number of carbonyl (C=O) groups excluding carboxylic acids is 2. The lowest BCUT2D eigenvalue weighted by molar-refractivity contribution is 0.0526. The Balaban J connectivity index is 1.87. The van der Waals surface area contributed by atoms with Gasteiger partial charge in [0.2, 0.25) is 0 Å². The maximum Gasteiger partial charge on any atom is 0.338 e. The first-order valence-corrected chi connectivity index (χ1v) is 8.88. The van der Waals surface area contributed by atoms with Gasteiger partial charge < -0.3 is 15.2 Å². The molecule has 1 aromatic heterocycles. The van der Waals surface area contributed by atoms with Crippen molar-refractivity contribution in [1.29, 1.82) is 0 Å². The summed E-state index contributed by atoms with van der Waals surface area (Å²) in [6.07, 6.45) is 0. The van der Waals surface area contributed by atoms with Gasteiger partial charge in [0.1, 0.15) is 0 Å². The number of nitrogens with one attached hydrogen (secondary N) is 1. The lowest BCUT2D eigenvalue weighted by atomic mass is 10.2. The predicted octanol–water partition coefficient (Wildman–Crippen LogP) is 2.68. The summed E-state index contributed by atoms with van der Waals surface area (Å²) in [4.78, 5) is 36.5. The number of aryl methyl sites for hydroxylation is 1. The van der Waals surface area contributed by atoms with Crippen LogP contribution >= 0.6 is 0 Å². The monoisotopic (exact) mass is 393 g/mol. The molecule has 3 rings (SSSR count). The Hall–Kier alpha value is -3.94. The Morgan fingerprint density at radius 3 is 2.52 bits per heavy atom. The molecule has 0 aliphatic rings. The van der Waals surface area contributed by atoms with Crippen molar-refractivity contribution in [1.82, 2.24) is 9.78 Å². The molecule has 0 saturated carbocycles. The number of carbonyl (C=O) groups is 2. The van der Waals surface area contributed by atoms with Crippen molar-refractivity contribution >= 4 is 17.6 Å². The second-order valence-electron chi connectivity index (χ2n) is 6.22. The van der Waals surface area contributed by atoms with Gasteiger partial charge in [-0.2, -0.15) is 9.78 Å². The highest BCUT2D eigenvalue weighted by Crippen LogP contribution is 2.17. The van der Waals surface area contributed by atoms with Crippen LogP contribution in [0.4, 0.5) is 5.69 Å². The Labute approximate surface area is 166 Å². The summed E-state index contributed by atoms with van der Waals surface area (Å²) in [5, 5.41) is 16.6. The second-order valence-corrected chi connectivity index (χ2v) is 6.22. The minimum atomic E-state index is -0.701. The summed E-state index contributed by atoms with van der Waals surface area (Å²) < 4.78 is 5.95. The smallest absolute Gasteiger partial charge is 0.338 e. The van der Waals surface area contributed by atoms with E-state index in [0.29, 0.717) is 16.9 Å². The molecule has 0 unspecified atom stereocenters. The molecule has 0 fully saturated rings. The molecule has 0 atom stereocenters. The van der Waals surface area contributed by atoms with Gasteiger partial charge in [0.05, 0.1) is 17.9 Å². The van der Waals surface area contributed by atoms with Crippen molar-refractivity contribution in [3.05, 3.63) is 81.8 Å². The van der Waals surface area contributed by atoms with Crippen LogP contribution in [0.5, 0.6) is 5.75 Å². The standard InChI is InChI=1S/C21H19N3O5/c1-3-29-21(28)14-7-9-15(10-8-14)22-20(27)19-17(25)12-18(26)24(23-19)16-6-4-5-13(2)11-16/h4-12,25H,3H2,1-2H3,(H,22,27). The van der Waals surface area contributed by atoms with Crippen LogP contribution in [0.1, 0.15) is 33.3 Å². The van der Waals surface area contributed by atoms with Crippen LogP contribution in [0.2, 0.25) is 0 Å². The van der Waals surface area contributed by atoms with Crippen LogP contribution in [-0.4, -0.2) is 33.4 Å². The van der Waals surface area contributed by atoms with Crippen molar-refractivity contribution in [2.45, 2.75) is 13.8 Å². The number of aromatic nitrogens is 2. The van der Waals surface area contributed by atoms with Gasteiger partial charge in [-0.3, -0.25) is 9.59 Å². The van der Waals surface area contributed by atoms with Crippen molar-refractivity contribution in [2.24, 2.45) is 0 Å². The van der Waals surface area contributed by atoms with Crippen molar-refractivity contribution in [3.63, 3.8) is 0 Å². The number of anilines is 1. The lowest BCUT2D eigenvalue weighted by Crippen LogP contribution is -2.25. The van der Waals surface area contributed by atoms with Gasteiger partial charge in [-0.1, -0.05) is 12.1 Å². The highest BCUT2D eigenvalue weighted by atomic mass is 16.5. The number of amides is 1. The summed E-state index contributed by atoms with van der Waals surface area (Å²) in [7, 11) is 0. The van der Waals surface area contributed by atoms with E-state index in [0.717, 1.165) is 16.3 Å². The third kappa shape index (κ3) is 4.49. The summed E-state index contributed by atoms with van der Waals surface area (Å²) in [5.74, 6) is -1.69. The fraction of sp³-hybridized carbons (Fsp3) is 0.143. The number of hydrogen-bond donors (Lipinski definition) is 2. The van der Waals surface area contributed by atoms with Gasteiger partial charge in [0.15, 0.2) is 11.4 Å². The average Bonchev–Trinajstić information content (AvgIpc) is 2.68. The molecule has 0 aliphatic carbocycles. The van der Waals surface area contributed by atoms with Gasteiger partial charge in [0.25, 0.3) is 11.5 Å². The van der Waals surface area contributed by atoms with E-state index < -0.39 is 23.2 Å². The molecule has 29 heavy (non-hydrogen) atoms. The van der Waals surface area contributed by atoms with Gasteiger partial charge in [-0.05, 0) is 55.8 Å². The molecule has 148 valence electrons.